The summed E-state index contributed by atoms with van der Waals surface area (Å²) in [5.74, 6) is -0.567. The number of nitrogens with two attached hydrogens (primary N) is 1. The monoisotopic (exact) mass is 400 g/mol. The number of piperidine rings is 1. The zero-order valence-electron chi connectivity index (χ0n) is 14.8. The van der Waals surface area contributed by atoms with Gasteiger partial charge in [0.15, 0.2) is 0 Å². The van der Waals surface area contributed by atoms with Crippen LogP contribution in [0.3, 0.4) is 0 Å². The largest absolute Gasteiger partial charge is 0.351 e. The predicted molar refractivity (Wildman–Crippen MR) is 99.1 cm³/mol. The number of carbonyl (C=O) groups excluding carboxylic acids is 2. The molecular formula is C16H24N4O4S2. The molecule has 10 heteroatoms. The second-order valence-electron chi connectivity index (χ2n) is 6.43. The Kier molecular flexibility index (Phi) is 7.01. The molecular weight excluding hydrogens is 376 g/mol. The molecule has 8 nitrogen and oxygen atoms in total. The van der Waals surface area contributed by atoms with Crippen LogP contribution < -0.4 is 11.1 Å². The second kappa shape index (κ2) is 8.83. The summed E-state index contributed by atoms with van der Waals surface area (Å²) in [7, 11) is -3.53. The molecule has 0 aliphatic carbocycles. The van der Waals surface area contributed by atoms with Gasteiger partial charge in [-0.1, -0.05) is 32.0 Å². The highest BCUT2D eigenvalue weighted by atomic mass is 32.2. The van der Waals surface area contributed by atoms with Gasteiger partial charge in [0, 0.05) is 19.3 Å². The van der Waals surface area contributed by atoms with E-state index in [2.05, 4.69) is 10.3 Å². The van der Waals surface area contributed by atoms with Crippen molar-refractivity contribution in [3.63, 3.8) is 0 Å². The minimum Gasteiger partial charge on any atom is -0.351 e. The fourth-order valence-electron chi connectivity index (χ4n) is 2.66. The third kappa shape index (κ3) is 5.18. The van der Waals surface area contributed by atoms with E-state index in [9.17, 15) is 18.0 Å². The molecule has 1 unspecified atom stereocenters. The number of sulfonamides is 1. The number of imide groups is 1. The molecule has 1 fully saturated rings. The van der Waals surface area contributed by atoms with E-state index < -0.39 is 27.2 Å². The lowest BCUT2D eigenvalue weighted by atomic mass is 10.1. The van der Waals surface area contributed by atoms with E-state index in [4.69, 9.17) is 5.73 Å². The molecule has 1 saturated heterocycles. The van der Waals surface area contributed by atoms with Gasteiger partial charge in [-0.15, -0.1) is 0 Å². The maximum absolute atomic E-state index is 12.6. The predicted octanol–water partition coefficient (Wildman–Crippen LogP) is 1.57. The highest BCUT2D eigenvalue weighted by Gasteiger charge is 2.28. The van der Waals surface area contributed by atoms with E-state index in [-0.39, 0.29) is 10.8 Å². The smallest absolute Gasteiger partial charge is 0.318 e. The molecule has 1 aliphatic heterocycles. The Hall–Kier alpha value is -1.65. The van der Waals surface area contributed by atoms with Crippen LogP contribution in [0.4, 0.5) is 4.79 Å². The zero-order chi connectivity index (χ0) is 19.3. The molecule has 3 N–H and O–H groups in total. The zero-order valence-corrected chi connectivity index (χ0v) is 16.5. The van der Waals surface area contributed by atoms with E-state index in [0.29, 0.717) is 18.1 Å². The molecule has 1 aromatic rings. The number of primary amides is 1. The summed E-state index contributed by atoms with van der Waals surface area (Å²) in [6, 6.07) is 2.18. The number of urea groups is 1. The van der Waals surface area contributed by atoms with E-state index in [0.717, 1.165) is 31.0 Å². The van der Waals surface area contributed by atoms with Crippen LogP contribution in [-0.2, 0) is 14.8 Å². The molecule has 0 spiro atoms. The average molecular weight is 401 g/mol. The number of thioether (sulfide) groups is 1. The van der Waals surface area contributed by atoms with Crippen molar-refractivity contribution in [1.82, 2.24) is 14.6 Å². The third-order valence-electron chi connectivity index (χ3n) is 4.02. The lowest BCUT2D eigenvalue weighted by Gasteiger charge is -2.25. The summed E-state index contributed by atoms with van der Waals surface area (Å²) in [5.41, 5.74) is 5.00. The molecule has 1 aliphatic rings. The van der Waals surface area contributed by atoms with Crippen molar-refractivity contribution in [2.45, 2.75) is 48.3 Å². The summed E-state index contributed by atoms with van der Waals surface area (Å²) in [5, 5.41) is 2.00. The lowest BCUT2D eigenvalue weighted by Crippen LogP contribution is -2.42. The SMILES string of the molecule is CC(C)C(Sc1ccc(S(=O)(=O)N2CCCCC2)cn1)C(=O)NC(N)=O. The number of pyridine rings is 1. The maximum Gasteiger partial charge on any atom is 0.318 e. The minimum atomic E-state index is -3.53. The summed E-state index contributed by atoms with van der Waals surface area (Å²) in [6.45, 7) is 4.74. The molecule has 0 radical (unpaired) electrons. The van der Waals surface area contributed by atoms with Crippen LogP contribution in [0.2, 0.25) is 0 Å². The topological polar surface area (TPSA) is 122 Å². The first-order valence-corrected chi connectivity index (χ1v) is 10.8. The van der Waals surface area contributed by atoms with Gasteiger partial charge in [-0.25, -0.2) is 18.2 Å². The Morgan fingerprint density at radius 3 is 2.38 bits per heavy atom. The first-order valence-electron chi connectivity index (χ1n) is 8.45. The van der Waals surface area contributed by atoms with Gasteiger partial charge in [0.05, 0.1) is 10.3 Å². The van der Waals surface area contributed by atoms with Crippen LogP contribution >= 0.6 is 11.8 Å². The highest BCUT2D eigenvalue weighted by Crippen LogP contribution is 2.28. The van der Waals surface area contributed by atoms with Crippen LogP contribution in [0.5, 0.6) is 0 Å². The summed E-state index contributed by atoms with van der Waals surface area (Å²) >= 11 is 1.16. The average Bonchev–Trinajstić information content (AvgIpc) is 2.60. The number of nitrogens with one attached hydrogen (secondary N) is 1. The van der Waals surface area contributed by atoms with Crippen LogP contribution in [0.1, 0.15) is 33.1 Å². The number of hydrogen-bond donors (Lipinski definition) is 2. The molecule has 0 bridgehead atoms. The van der Waals surface area contributed by atoms with Gasteiger partial charge in [0.1, 0.15) is 4.90 Å². The Bertz CT molecular complexity index is 744. The van der Waals surface area contributed by atoms with Crippen molar-refractivity contribution in [2.75, 3.05) is 13.1 Å². The normalized spacial score (nSPS) is 17.0. The van der Waals surface area contributed by atoms with Crippen molar-refractivity contribution >= 4 is 33.7 Å². The molecule has 1 atom stereocenters. The summed E-state index contributed by atoms with van der Waals surface area (Å²) < 4.78 is 26.7. The van der Waals surface area contributed by atoms with Crippen LogP contribution in [0.15, 0.2) is 28.3 Å². The van der Waals surface area contributed by atoms with Gasteiger partial charge < -0.3 is 5.73 Å². The Morgan fingerprint density at radius 1 is 1.23 bits per heavy atom. The number of nitrogens with zero attached hydrogens (tertiary/aromatic N) is 2. The quantitative estimate of drug-likeness (QED) is 0.699. The number of carbonyl (C=O) groups is 2. The van der Waals surface area contributed by atoms with Gasteiger partial charge in [-0.3, -0.25) is 10.1 Å². The molecule has 2 rings (SSSR count). The first-order chi connectivity index (χ1) is 12.2. The number of rotatable bonds is 6. The summed E-state index contributed by atoms with van der Waals surface area (Å²) in [6.07, 6.45) is 4.09. The lowest BCUT2D eigenvalue weighted by molar-refractivity contribution is -0.120. The van der Waals surface area contributed by atoms with Gasteiger partial charge in [0.2, 0.25) is 15.9 Å². The van der Waals surface area contributed by atoms with Gasteiger partial charge in [-0.05, 0) is 30.9 Å². The van der Waals surface area contributed by atoms with Gasteiger partial charge in [0.25, 0.3) is 0 Å². The maximum atomic E-state index is 12.6. The number of aromatic nitrogens is 1. The number of amides is 3. The van der Waals surface area contributed by atoms with E-state index in [1.807, 2.05) is 13.8 Å². The molecule has 0 saturated carbocycles. The van der Waals surface area contributed by atoms with Crippen molar-refractivity contribution in [3.8, 4) is 0 Å². The van der Waals surface area contributed by atoms with E-state index in [1.54, 1.807) is 6.07 Å². The second-order valence-corrected chi connectivity index (χ2v) is 9.53. The van der Waals surface area contributed by atoms with Crippen molar-refractivity contribution in [3.05, 3.63) is 18.3 Å². The van der Waals surface area contributed by atoms with E-state index >= 15 is 0 Å². The number of hydrogen-bond acceptors (Lipinski definition) is 6. The Balaban J connectivity index is 2.12. The standard InChI is InChI=1S/C16H24N4O4S2/c1-11(2)14(15(21)19-16(17)22)25-13-7-6-12(10-18-13)26(23,24)20-8-4-3-5-9-20/h6-7,10-11,14H,3-5,8-9H2,1-2H3,(H3,17,19,21,22). The Labute approximate surface area is 158 Å². The molecule has 0 aromatic carbocycles. The van der Waals surface area contributed by atoms with Gasteiger partial charge >= 0.3 is 6.03 Å². The highest BCUT2D eigenvalue weighted by molar-refractivity contribution is 8.00. The van der Waals surface area contributed by atoms with Crippen LogP contribution in [-0.4, -0.2) is 48.0 Å². The van der Waals surface area contributed by atoms with Crippen molar-refractivity contribution in [1.29, 1.82) is 0 Å². The minimum absolute atomic E-state index is 0.0714. The third-order valence-corrected chi connectivity index (χ3v) is 7.40. The molecule has 2 heterocycles. The van der Waals surface area contributed by atoms with Crippen LogP contribution in [0, 0.1) is 5.92 Å². The fourth-order valence-corrected chi connectivity index (χ4v) is 5.08. The summed E-state index contributed by atoms with van der Waals surface area (Å²) in [4.78, 5) is 27.3. The molecule has 144 valence electrons. The van der Waals surface area contributed by atoms with Crippen molar-refractivity contribution < 1.29 is 18.0 Å². The van der Waals surface area contributed by atoms with Crippen LogP contribution in [0.25, 0.3) is 0 Å². The van der Waals surface area contributed by atoms with Crippen molar-refractivity contribution in [2.24, 2.45) is 11.7 Å². The molecule has 3 amide bonds. The fraction of sp³-hybridized carbons (Fsp3) is 0.562. The van der Waals surface area contributed by atoms with Gasteiger partial charge in [-0.2, -0.15) is 4.31 Å². The first kappa shape index (κ1) is 20.7. The van der Waals surface area contributed by atoms with E-state index in [1.165, 1.54) is 16.6 Å². The molecule has 26 heavy (non-hydrogen) atoms. The Morgan fingerprint density at radius 2 is 1.88 bits per heavy atom. The molecule has 1 aromatic heterocycles.